The Labute approximate surface area is 114 Å². The minimum absolute atomic E-state index is 0.109. The molecular weight excluding hydrogens is 266 g/mol. The van der Waals surface area contributed by atoms with Crippen molar-refractivity contribution in [1.29, 1.82) is 0 Å². The maximum atomic E-state index is 11.9. The molecule has 1 aliphatic heterocycles. The summed E-state index contributed by atoms with van der Waals surface area (Å²) in [5, 5.41) is 2.97. The molecule has 7 heteroatoms. The number of nitrogens with one attached hydrogen (secondary N) is 1. The Bertz CT molecular complexity index is 447. The third-order valence-electron chi connectivity index (χ3n) is 4.12. The van der Waals surface area contributed by atoms with Crippen molar-refractivity contribution in [2.24, 2.45) is 11.7 Å². The van der Waals surface area contributed by atoms with Crippen LogP contribution in [0, 0.1) is 5.92 Å². The molecule has 1 aliphatic carbocycles. The number of nitrogens with zero attached hydrogens (tertiary/aromatic N) is 1. The van der Waals surface area contributed by atoms with Crippen molar-refractivity contribution in [3.63, 3.8) is 0 Å². The quantitative estimate of drug-likeness (QED) is 0.699. The Morgan fingerprint density at radius 2 is 2.16 bits per heavy atom. The van der Waals surface area contributed by atoms with Gasteiger partial charge in [-0.1, -0.05) is 0 Å². The first-order valence-electron chi connectivity index (χ1n) is 6.86. The SMILES string of the molecule is CC(CN)(NC(=O)CCN1CCCS1(=O)=O)C1CC1. The van der Waals surface area contributed by atoms with Gasteiger partial charge in [-0.3, -0.25) is 4.79 Å². The van der Waals surface area contributed by atoms with Crippen LogP contribution in [0.15, 0.2) is 0 Å². The maximum absolute atomic E-state index is 11.9. The number of hydrogen-bond acceptors (Lipinski definition) is 4. The van der Waals surface area contributed by atoms with Crippen LogP contribution < -0.4 is 11.1 Å². The van der Waals surface area contributed by atoms with E-state index in [0.717, 1.165) is 12.8 Å². The molecule has 2 fully saturated rings. The predicted molar refractivity (Wildman–Crippen MR) is 72.9 cm³/mol. The monoisotopic (exact) mass is 289 g/mol. The van der Waals surface area contributed by atoms with Gasteiger partial charge in [0.25, 0.3) is 0 Å². The van der Waals surface area contributed by atoms with E-state index in [-0.39, 0.29) is 30.2 Å². The van der Waals surface area contributed by atoms with Gasteiger partial charge in [-0.25, -0.2) is 12.7 Å². The lowest BCUT2D eigenvalue weighted by Gasteiger charge is -2.29. The van der Waals surface area contributed by atoms with Crippen molar-refractivity contribution in [1.82, 2.24) is 9.62 Å². The Morgan fingerprint density at radius 3 is 2.63 bits per heavy atom. The van der Waals surface area contributed by atoms with E-state index in [0.29, 0.717) is 25.4 Å². The Morgan fingerprint density at radius 1 is 1.47 bits per heavy atom. The van der Waals surface area contributed by atoms with E-state index < -0.39 is 10.0 Å². The summed E-state index contributed by atoms with van der Waals surface area (Å²) in [6.07, 6.45) is 3.08. The van der Waals surface area contributed by atoms with Crippen molar-refractivity contribution in [3.8, 4) is 0 Å². The van der Waals surface area contributed by atoms with Crippen LogP contribution in [-0.2, 0) is 14.8 Å². The zero-order valence-corrected chi connectivity index (χ0v) is 12.2. The fourth-order valence-corrected chi connectivity index (χ4v) is 4.12. The normalized spacial score (nSPS) is 26.0. The minimum atomic E-state index is -3.11. The first-order valence-corrected chi connectivity index (χ1v) is 8.47. The molecule has 3 N–H and O–H groups in total. The number of carbonyl (C=O) groups excluding carboxylic acids is 1. The average molecular weight is 289 g/mol. The lowest BCUT2D eigenvalue weighted by atomic mass is 9.96. The van der Waals surface area contributed by atoms with Crippen LogP contribution in [0.1, 0.15) is 32.6 Å². The van der Waals surface area contributed by atoms with Gasteiger partial charge in [0.2, 0.25) is 15.9 Å². The molecule has 0 radical (unpaired) electrons. The highest BCUT2D eigenvalue weighted by Gasteiger charge is 2.41. The van der Waals surface area contributed by atoms with Crippen LogP contribution in [-0.4, -0.2) is 49.6 Å². The van der Waals surface area contributed by atoms with Crippen LogP contribution >= 0.6 is 0 Å². The van der Waals surface area contributed by atoms with Gasteiger partial charge in [0.05, 0.1) is 11.3 Å². The van der Waals surface area contributed by atoms with Gasteiger partial charge >= 0.3 is 0 Å². The van der Waals surface area contributed by atoms with Gasteiger partial charge < -0.3 is 11.1 Å². The Balaban J connectivity index is 1.81. The number of amides is 1. The number of sulfonamides is 1. The first-order chi connectivity index (χ1) is 8.87. The van der Waals surface area contributed by atoms with Crippen molar-refractivity contribution >= 4 is 15.9 Å². The largest absolute Gasteiger partial charge is 0.349 e. The van der Waals surface area contributed by atoms with E-state index in [1.165, 1.54) is 4.31 Å². The molecule has 110 valence electrons. The van der Waals surface area contributed by atoms with Gasteiger partial charge in [-0.2, -0.15) is 0 Å². The molecule has 1 atom stereocenters. The number of hydrogen-bond donors (Lipinski definition) is 2. The van der Waals surface area contributed by atoms with Crippen molar-refractivity contribution in [2.75, 3.05) is 25.4 Å². The fraction of sp³-hybridized carbons (Fsp3) is 0.917. The van der Waals surface area contributed by atoms with E-state index in [4.69, 9.17) is 5.73 Å². The maximum Gasteiger partial charge on any atom is 0.221 e. The number of carbonyl (C=O) groups is 1. The molecule has 2 rings (SSSR count). The average Bonchev–Trinajstić information content (AvgIpc) is 3.13. The molecule has 1 saturated heterocycles. The summed E-state index contributed by atoms with van der Waals surface area (Å²) >= 11 is 0. The molecule has 0 bridgehead atoms. The van der Waals surface area contributed by atoms with Crippen LogP contribution in [0.4, 0.5) is 0 Å². The summed E-state index contributed by atoms with van der Waals surface area (Å²) in [4.78, 5) is 11.9. The van der Waals surface area contributed by atoms with E-state index >= 15 is 0 Å². The summed E-state index contributed by atoms with van der Waals surface area (Å²) in [7, 11) is -3.11. The van der Waals surface area contributed by atoms with E-state index in [1.807, 2.05) is 6.92 Å². The predicted octanol–water partition coefficient (Wildman–Crippen LogP) is -0.344. The third-order valence-corrected chi connectivity index (χ3v) is 6.08. The van der Waals surface area contributed by atoms with Gasteiger partial charge in [0.1, 0.15) is 0 Å². The molecule has 1 heterocycles. The molecule has 0 aromatic rings. The minimum Gasteiger partial charge on any atom is -0.349 e. The lowest BCUT2D eigenvalue weighted by molar-refractivity contribution is -0.123. The number of rotatable bonds is 6. The highest BCUT2D eigenvalue weighted by atomic mass is 32.2. The van der Waals surface area contributed by atoms with E-state index in [9.17, 15) is 13.2 Å². The number of nitrogens with two attached hydrogens (primary N) is 1. The molecule has 0 aromatic carbocycles. The van der Waals surface area contributed by atoms with Crippen LogP contribution in [0.2, 0.25) is 0 Å². The molecular formula is C12H23N3O3S. The summed E-state index contributed by atoms with van der Waals surface area (Å²) in [5.41, 5.74) is 5.40. The lowest BCUT2D eigenvalue weighted by Crippen LogP contribution is -2.53. The zero-order chi connectivity index (χ0) is 14.1. The molecule has 6 nitrogen and oxygen atoms in total. The highest BCUT2D eigenvalue weighted by molar-refractivity contribution is 7.89. The Kier molecular flexibility index (Phi) is 4.17. The second kappa shape index (κ2) is 5.38. The molecule has 2 aliphatic rings. The molecule has 0 spiro atoms. The molecule has 1 unspecified atom stereocenters. The zero-order valence-electron chi connectivity index (χ0n) is 11.4. The van der Waals surface area contributed by atoms with Gasteiger partial charge in [0, 0.05) is 26.1 Å². The second-order valence-electron chi connectivity index (χ2n) is 5.76. The van der Waals surface area contributed by atoms with Crippen molar-refractivity contribution in [3.05, 3.63) is 0 Å². The summed E-state index contributed by atoms with van der Waals surface area (Å²) in [5.74, 6) is 0.566. The van der Waals surface area contributed by atoms with E-state index in [1.54, 1.807) is 0 Å². The molecule has 1 amide bonds. The van der Waals surface area contributed by atoms with Gasteiger partial charge in [0.15, 0.2) is 0 Å². The fourth-order valence-electron chi connectivity index (χ4n) is 2.59. The van der Waals surface area contributed by atoms with Gasteiger partial charge in [-0.05, 0) is 32.1 Å². The standard InChI is InChI=1S/C12H23N3O3S/c1-12(9-13,10-3-4-10)14-11(16)5-7-15-6-2-8-19(15,17)18/h10H,2-9,13H2,1H3,(H,14,16). The smallest absolute Gasteiger partial charge is 0.221 e. The van der Waals surface area contributed by atoms with Crippen molar-refractivity contribution < 1.29 is 13.2 Å². The Hall–Kier alpha value is -0.660. The third kappa shape index (κ3) is 3.46. The summed E-state index contributed by atoms with van der Waals surface area (Å²) in [6.45, 7) is 3.20. The van der Waals surface area contributed by atoms with E-state index in [2.05, 4.69) is 5.32 Å². The molecule has 19 heavy (non-hydrogen) atoms. The van der Waals surface area contributed by atoms with Gasteiger partial charge in [-0.15, -0.1) is 0 Å². The van der Waals surface area contributed by atoms with Crippen LogP contribution in [0.3, 0.4) is 0 Å². The second-order valence-corrected chi connectivity index (χ2v) is 7.85. The van der Waals surface area contributed by atoms with Crippen LogP contribution in [0.5, 0.6) is 0 Å². The van der Waals surface area contributed by atoms with Crippen LogP contribution in [0.25, 0.3) is 0 Å². The molecule has 0 aromatic heterocycles. The summed E-state index contributed by atoms with van der Waals surface area (Å²) < 4.78 is 24.6. The van der Waals surface area contributed by atoms with Crippen molar-refractivity contribution in [2.45, 2.75) is 38.1 Å². The first kappa shape index (κ1) is 14.7. The molecule has 1 saturated carbocycles. The highest BCUT2D eigenvalue weighted by Crippen LogP contribution is 2.38. The topological polar surface area (TPSA) is 92.5 Å². The summed E-state index contributed by atoms with van der Waals surface area (Å²) in [6, 6.07) is 0.